The highest BCUT2D eigenvalue weighted by Crippen LogP contribution is 2.39. The molecule has 1 aromatic rings. The second kappa shape index (κ2) is 6.87. The minimum absolute atomic E-state index is 0. The normalized spacial score (nSPS) is 16.2. The van der Waals surface area contributed by atoms with Crippen molar-refractivity contribution < 1.29 is 28.6 Å². The zero-order valence-electron chi connectivity index (χ0n) is 12.7. The van der Waals surface area contributed by atoms with Crippen molar-refractivity contribution in [3.63, 3.8) is 0 Å². The molecule has 1 heterocycles. The maximum absolute atomic E-state index is 2.53. The Morgan fingerprint density at radius 1 is 1.05 bits per heavy atom. The molecule has 19 heavy (non-hydrogen) atoms. The number of hydrogen-bond acceptors (Lipinski definition) is 0. The molecule has 0 radical (unpaired) electrons. The third-order valence-electron chi connectivity index (χ3n) is 4.41. The first-order valence-corrected chi connectivity index (χ1v) is 7.30. The first kappa shape index (κ1) is 16.7. The number of unbranched alkanes of at least 4 members (excludes halogenated alkanes) is 3. The second-order valence-corrected chi connectivity index (χ2v) is 5.94. The van der Waals surface area contributed by atoms with Crippen LogP contribution in [0.5, 0.6) is 0 Å². The molecule has 106 valence electrons. The van der Waals surface area contributed by atoms with Crippen LogP contribution in [-0.2, 0) is 5.41 Å². The van der Waals surface area contributed by atoms with Crippen LogP contribution in [-0.4, -0.2) is 16.8 Å². The number of halogens is 1. The van der Waals surface area contributed by atoms with Gasteiger partial charge in [-0.05, 0) is 20.3 Å². The summed E-state index contributed by atoms with van der Waals surface area (Å²) >= 11 is 0. The Morgan fingerprint density at radius 3 is 2.42 bits per heavy atom. The zero-order valence-corrected chi connectivity index (χ0v) is 14.8. The van der Waals surface area contributed by atoms with Gasteiger partial charge in [0.15, 0.2) is 5.71 Å². The van der Waals surface area contributed by atoms with Crippen molar-refractivity contribution in [1.82, 2.24) is 0 Å². The van der Waals surface area contributed by atoms with Gasteiger partial charge in [0.1, 0.15) is 6.54 Å². The predicted molar refractivity (Wildman–Crippen MR) is 79.1 cm³/mol. The van der Waals surface area contributed by atoms with Crippen LogP contribution in [0.4, 0.5) is 5.69 Å². The van der Waals surface area contributed by atoms with Crippen LogP contribution in [0.1, 0.15) is 58.9 Å². The van der Waals surface area contributed by atoms with Crippen LogP contribution < -0.4 is 24.0 Å². The summed E-state index contributed by atoms with van der Waals surface area (Å²) in [6.45, 7) is 10.4. The third kappa shape index (κ3) is 3.21. The molecular formula is C17H26IN. The van der Waals surface area contributed by atoms with Crippen LogP contribution in [0.3, 0.4) is 0 Å². The Labute approximate surface area is 135 Å². The fourth-order valence-corrected chi connectivity index (χ4v) is 2.94. The lowest BCUT2D eigenvalue weighted by atomic mass is 9.82. The third-order valence-corrected chi connectivity index (χ3v) is 4.41. The smallest absolute Gasteiger partial charge is 0.209 e. The zero-order chi connectivity index (χ0) is 13.2. The standard InChI is InChI=1S/C17H26N.HI/c1-5-6-7-10-13-18-14(2)17(3,4)15-11-8-9-12-16(15)18;/h8-9,11-12H,5-7,10,13H2,1-4H3;1H/q+1;/p-1. The summed E-state index contributed by atoms with van der Waals surface area (Å²) in [6.07, 6.45) is 5.32. The van der Waals surface area contributed by atoms with E-state index in [1.165, 1.54) is 49.2 Å². The minimum atomic E-state index is 0. The van der Waals surface area contributed by atoms with Gasteiger partial charge in [0, 0.05) is 25.0 Å². The molecule has 0 N–H and O–H groups in total. The molecule has 0 saturated carbocycles. The first-order valence-electron chi connectivity index (χ1n) is 7.30. The summed E-state index contributed by atoms with van der Waals surface area (Å²) < 4.78 is 2.53. The quantitative estimate of drug-likeness (QED) is 0.421. The van der Waals surface area contributed by atoms with Crippen LogP contribution >= 0.6 is 0 Å². The van der Waals surface area contributed by atoms with E-state index >= 15 is 0 Å². The molecule has 0 bridgehead atoms. The van der Waals surface area contributed by atoms with E-state index in [9.17, 15) is 0 Å². The highest BCUT2D eigenvalue weighted by Gasteiger charge is 2.42. The number of rotatable bonds is 5. The molecule has 1 aliphatic rings. The lowest BCUT2D eigenvalue weighted by Crippen LogP contribution is -3.00. The molecule has 1 aromatic carbocycles. The molecule has 0 saturated heterocycles. The number of fused-ring (bicyclic) bond motifs is 1. The maximum atomic E-state index is 2.53. The summed E-state index contributed by atoms with van der Waals surface area (Å²) in [4.78, 5) is 0. The SMILES string of the molecule is CCCCCC[N+]1=C(C)C(C)(C)c2ccccc21.[I-]. The first-order chi connectivity index (χ1) is 8.59. The van der Waals surface area contributed by atoms with E-state index in [1.807, 2.05) is 0 Å². The van der Waals surface area contributed by atoms with Crippen molar-refractivity contribution >= 4 is 11.4 Å². The molecule has 1 nitrogen and oxygen atoms in total. The van der Waals surface area contributed by atoms with E-state index in [1.54, 1.807) is 0 Å². The molecule has 0 atom stereocenters. The number of benzene rings is 1. The van der Waals surface area contributed by atoms with Gasteiger partial charge in [0.25, 0.3) is 0 Å². The molecule has 0 aromatic heterocycles. The predicted octanol–water partition coefficient (Wildman–Crippen LogP) is 1.67. The van der Waals surface area contributed by atoms with Crippen LogP contribution in [0.2, 0.25) is 0 Å². The molecule has 0 unspecified atom stereocenters. The van der Waals surface area contributed by atoms with Crippen molar-refractivity contribution in [1.29, 1.82) is 0 Å². The van der Waals surface area contributed by atoms with Gasteiger partial charge in [-0.15, -0.1) is 0 Å². The lowest BCUT2D eigenvalue weighted by Gasteiger charge is -2.14. The highest BCUT2D eigenvalue weighted by atomic mass is 127. The van der Waals surface area contributed by atoms with E-state index in [2.05, 4.69) is 56.5 Å². The summed E-state index contributed by atoms with van der Waals surface area (Å²) in [6, 6.07) is 8.87. The van der Waals surface area contributed by atoms with E-state index in [4.69, 9.17) is 0 Å². The Kier molecular flexibility index (Phi) is 6.03. The Bertz CT molecular complexity index is 460. The Hall–Kier alpha value is -0.380. The maximum Gasteiger partial charge on any atom is 0.209 e. The Morgan fingerprint density at radius 2 is 1.74 bits per heavy atom. The lowest BCUT2D eigenvalue weighted by molar-refractivity contribution is -0.439. The van der Waals surface area contributed by atoms with Crippen molar-refractivity contribution in [2.45, 2.75) is 58.8 Å². The van der Waals surface area contributed by atoms with Gasteiger partial charge < -0.3 is 24.0 Å². The molecule has 2 rings (SSSR count). The summed E-state index contributed by atoms with van der Waals surface area (Å²) in [5.74, 6) is 0. The molecule has 0 spiro atoms. The summed E-state index contributed by atoms with van der Waals surface area (Å²) in [5, 5.41) is 0. The number of para-hydroxylation sites is 1. The number of nitrogens with zero attached hydrogens (tertiary/aromatic N) is 1. The van der Waals surface area contributed by atoms with Crippen LogP contribution in [0.25, 0.3) is 0 Å². The van der Waals surface area contributed by atoms with E-state index in [0.717, 1.165) is 0 Å². The fourth-order valence-electron chi connectivity index (χ4n) is 2.94. The molecule has 0 fully saturated rings. The highest BCUT2D eigenvalue weighted by molar-refractivity contribution is 5.93. The van der Waals surface area contributed by atoms with Crippen molar-refractivity contribution in [2.75, 3.05) is 6.54 Å². The average molecular weight is 371 g/mol. The fraction of sp³-hybridized carbons (Fsp3) is 0.588. The van der Waals surface area contributed by atoms with Crippen LogP contribution in [0.15, 0.2) is 24.3 Å². The number of hydrogen-bond donors (Lipinski definition) is 0. The molecular weight excluding hydrogens is 345 g/mol. The minimum Gasteiger partial charge on any atom is -1.00 e. The van der Waals surface area contributed by atoms with Gasteiger partial charge in [-0.1, -0.05) is 38.0 Å². The Balaban J connectivity index is 0.00000180. The van der Waals surface area contributed by atoms with E-state index in [-0.39, 0.29) is 29.4 Å². The average Bonchev–Trinajstić information content (AvgIpc) is 2.56. The largest absolute Gasteiger partial charge is 1.00 e. The van der Waals surface area contributed by atoms with E-state index < -0.39 is 0 Å². The molecule has 0 aliphatic carbocycles. The summed E-state index contributed by atoms with van der Waals surface area (Å²) in [7, 11) is 0. The van der Waals surface area contributed by atoms with Gasteiger partial charge in [0.2, 0.25) is 5.69 Å². The van der Waals surface area contributed by atoms with Gasteiger partial charge in [-0.25, -0.2) is 0 Å². The van der Waals surface area contributed by atoms with Crippen molar-refractivity contribution in [3.05, 3.63) is 29.8 Å². The van der Waals surface area contributed by atoms with Crippen molar-refractivity contribution in [3.8, 4) is 0 Å². The van der Waals surface area contributed by atoms with Gasteiger partial charge >= 0.3 is 0 Å². The van der Waals surface area contributed by atoms with Gasteiger partial charge in [-0.2, -0.15) is 4.58 Å². The topological polar surface area (TPSA) is 3.01 Å². The van der Waals surface area contributed by atoms with E-state index in [0.29, 0.717) is 0 Å². The van der Waals surface area contributed by atoms with Crippen LogP contribution in [0, 0.1) is 0 Å². The molecule has 0 amide bonds. The van der Waals surface area contributed by atoms with Crippen molar-refractivity contribution in [2.24, 2.45) is 0 Å². The second-order valence-electron chi connectivity index (χ2n) is 5.94. The van der Waals surface area contributed by atoms with Gasteiger partial charge in [-0.3, -0.25) is 0 Å². The molecule has 2 heteroatoms. The summed E-state index contributed by atoms with van der Waals surface area (Å²) in [5.41, 5.74) is 4.61. The monoisotopic (exact) mass is 371 g/mol. The van der Waals surface area contributed by atoms with Gasteiger partial charge in [0.05, 0.1) is 5.41 Å². The molecule has 1 aliphatic heterocycles.